The van der Waals surface area contributed by atoms with Crippen LogP contribution in [0.3, 0.4) is 0 Å². The Bertz CT molecular complexity index is 1260. The molecule has 6 nitrogen and oxygen atoms in total. The molecule has 1 aliphatic heterocycles. The van der Waals surface area contributed by atoms with Gasteiger partial charge in [-0.15, -0.1) is 0 Å². The fraction of sp³-hybridized carbons (Fsp3) is 0.462. The number of pyridine rings is 1. The van der Waals surface area contributed by atoms with Gasteiger partial charge in [0.05, 0.1) is 22.4 Å². The first-order chi connectivity index (χ1) is 16.7. The van der Waals surface area contributed by atoms with Gasteiger partial charge in [-0.3, -0.25) is 0 Å². The summed E-state index contributed by atoms with van der Waals surface area (Å²) in [6, 6.07) is 8.15. The molecule has 9 heteroatoms. The smallest absolute Gasteiger partial charge is 0.266 e. The van der Waals surface area contributed by atoms with E-state index in [1.807, 2.05) is 13.0 Å². The molecule has 1 aromatic carbocycles. The Hall–Kier alpha value is -3.25. The minimum Gasteiger partial charge on any atom is -0.365 e. The molecule has 0 radical (unpaired) electrons. The largest absolute Gasteiger partial charge is 0.365 e. The Morgan fingerprint density at radius 1 is 1.14 bits per heavy atom. The summed E-state index contributed by atoms with van der Waals surface area (Å²) in [6.45, 7) is 6.18. The Labute approximate surface area is 203 Å². The van der Waals surface area contributed by atoms with E-state index in [0.29, 0.717) is 22.7 Å². The van der Waals surface area contributed by atoms with Gasteiger partial charge < -0.3 is 10.2 Å². The van der Waals surface area contributed by atoms with Crippen LogP contribution in [0.2, 0.25) is 0 Å². The van der Waals surface area contributed by atoms with Gasteiger partial charge >= 0.3 is 0 Å². The maximum absolute atomic E-state index is 14.3. The average molecular weight is 483 g/mol. The average Bonchev–Trinajstić information content (AvgIpc) is 3.47. The Kier molecular flexibility index (Phi) is 7.22. The molecule has 1 N–H and O–H groups in total. The van der Waals surface area contributed by atoms with Crippen molar-refractivity contribution in [1.82, 2.24) is 19.9 Å². The van der Waals surface area contributed by atoms with Gasteiger partial charge in [-0.25, -0.2) is 28.1 Å². The molecule has 3 aromatic rings. The molecule has 0 unspecified atom stereocenters. The second-order valence-electron chi connectivity index (χ2n) is 9.29. The van der Waals surface area contributed by atoms with Crippen molar-refractivity contribution >= 4 is 16.9 Å². The first-order valence-corrected chi connectivity index (χ1v) is 11.8. The van der Waals surface area contributed by atoms with E-state index in [1.165, 1.54) is 38.1 Å². The second-order valence-corrected chi connectivity index (χ2v) is 9.29. The summed E-state index contributed by atoms with van der Waals surface area (Å²) in [4.78, 5) is 15.7. The van der Waals surface area contributed by atoms with E-state index in [-0.39, 0.29) is 12.1 Å². The van der Waals surface area contributed by atoms with Gasteiger partial charge in [0.2, 0.25) is 0 Å². The molecule has 0 bridgehead atoms. The molecule has 0 amide bonds. The Morgan fingerprint density at radius 2 is 1.86 bits per heavy atom. The third kappa shape index (κ3) is 5.38. The van der Waals surface area contributed by atoms with Gasteiger partial charge in [0.25, 0.3) is 6.43 Å². The fourth-order valence-corrected chi connectivity index (χ4v) is 4.40. The van der Waals surface area contributed by atoms with Crippen LogP contribution in [-0.4, -0.2) is 40.0 Å². The van der Waals surface area contributed by atoms with Gasteiger partial charge in [-0.1, -0.05) is 18.2 Å². The van der Waals surface area contributed by atoms with Crippen LogP contribution in [0, 0.1) is 31.0 Å². The number of benzene rings is 1. The normalized spacial score (nSPS) is 16.6. The minimum atomic E-state index is -2.88. The molecule has 1 saturated heterocycles. The van der Waals surface area contributed by atoms with E-state index in [2.05, 4.69) is 38.3 Å². The van der Waals surface area contributed by atoms with Crippen molar-refractivity contribution in [2.45, 2.75) is 57.9 Å². The number of nitriles is 1. The summed E-state index contributed by atoms with van der Waals surface area (Å²) in [6.07, 6.45) is 1.50. The minimum absolute atomic E-state index is 0.0233. The lowest BCUT2D eigenvalue weighted by molar-refractivity contribution is 0.146. The monoisotopic (exact) mass is 482 g/mol. The number of hydrogen-bond acceptors (Lipinski definition) is 6. The van der Waals surface area contributed by atoms with Crippen LogP contribution in [0.25, 0.3) is 11.0 Å². The van der Waals surface area contributed by atoms with Crippen molar-refractivity contribution in [1.29, 1.82) is 5.26 Å². The summed E-state index contributed by atoms with van der Waals surface area (Å²) >= 11 is 0. The zero-order valence-corrected chi connectivity index (χ0v) is 20.2. The first kappa shape index (κ1) is 24.9. The highest BCUT2D eigenvalue weighted by Crippen LogP contribution is 2.49. The number of hydrogen-bond donors (Lipinski definition) is 1. The highest BCUT2D eigenvalue weighted by molar-refractivity contribution is 5.87. The summed E-state index contributed by atoms with van der Waals surface area (Å²) in [7, 11) is 2.17. The number of fused-ring (bicyclic) bond motifs is 1. The lowest BCUT2D eigenvalue weighted by Crippen LogP contribution is -2.11. The van der Waals surface area contributed by atoms with Crippen LogP contribution in [0.15, 0.2) is 24.3 Å². The maximum Gasteiger partial charge on any atom is 0.266 e. The highest BCUT2D eigenvalue weighted by atomic mass is 19.3. The third-order valence-electron chi connectivity index (χ3n) is 6.59. The molecule has 2 aliphatic rings. The third-order valence-corrected chi connectivity index (χ3v) is 6.59. The molecular formula is C26H29F3N6. The van der Waals surface area contributed by atoms with Crippen molar-refractivity contribution in [3.63, 3.8) is 0 Å². The van der Waals surface area contributed by atoms with E-state index in [1.54, 1.807) is 6.92 Å². The van der Waals surface area contributed by atoms with Gasteiger partial charge in [0, 0.05) is 17.8 Å². The molecule has 35 heavy (non-hydrogen) atoms. The van der Waals surface area contributed by atoms with Gasteiger partial charge in [-0.2, -0.15) is 5.26 Å². The number of nitrogens with zero attached hydrogens (tertiary/aromatic N) is 5. The molecule has 1 aliphatic carbocycles. The summed E-state index contributed by atoms with van der Waals surface area (Å²) in [5.41, 5.74) is 1.02. The van der Waals surface area contributed by atoms with Crippen molar-refractivity contribution in [2.24, 2.45) is 0 Å². The topological polar surface area (TPSA) is 77.7 Å². The molecular weight excluding hydrogens is 453 g/mol. The lowest BCUT2D eigenvalue weighted by Gasteiger charge is -2.15. The molecule has 5 rings (SSSR count). The van der Waals surface area contributed by atoms with Gasteiger partial charge in [-0.05, 0) is 71.3 Å². The zero-order chi connectivity index (χ0) is 25.2. The van der Waals surface area contributed by atoms with Crippen LogP contribution >= 0.6 is 0 Å². The Balaban J connectivity index is 0.000000421. The number of alkyl halides is 2. The molecule has 1 saturated carbocycles. The van der Waals surface area contributed by atoms with Crippen LogP contribution in [0.1, 0.15) is 60.3 Å². The maximum atomic E-state index is 14.3. The van der Waals surface area contributed by atoms with Crippen molar-refractivity contribution in [3.05, 3.63) is 58.3 Å². The van der Waals surface area contributed by atoms with Crippen LogP contribution in [0.5, 0.6) is 0 Å². The predicted octanol–water partition coefficient (Wildman–Crippen LogP) is 5.60. The number of likely N-dealkylation sites (tertiary alicyclic amines) is 1. The SMILES string of the molecule is CN1CCCC1.Cc1nc(NCc2cccc(C(F)F)c2F)c2cc(C3(C#N)CC3)c(C)nc2n1. The molecule has 0 spiro atoms. The predicted molar refractivity (Wildman–Crippen MR) is 129 cm³/mol. The summed E-state index contributed by atoms with van der Waals surface area (Å²) < 4.78 is 40.2. The van der Waals surface area contributed by atoms with E-state index in [9.17, 15) is 18.4 Å². The number of aromatic nitrogens is 3. The number of nitrogens with one attached hydrogen (secondary N) is 1. The molecule has 184 valence electrons. The van der Waals surface area contributed by atoms with E-state index >= 15 is 0 Å². The lowest BCUT2D eigenvalue weighted by atomic mass is 9.95. The van der Waals surface area contributed by atoms with Crippen molar-refractivity contribution in [2.75, 3.05) is 25.5 Å². The van der Waals surface area contributed by atoms with Gasteiger partial charge in [0.15, 0.2) is 5.65 Å². The standard InChI is InChI=1S/C21H18F3N5.C5H11N/c1-11-16(21(10-25)6-7-21)8-15-19(28-12(2)29-20(15)27-11)26-9-13-4-3-5-14(17(13)22)18(23)24;1-6-4-2-3-5-6/h3-5,8,18H,6-7,9H2,1-2H3,(H,26,27,28,29);2-5H2,1H3. The van der Waals surface area contributed by atoms with Crippen LogP contribution < -0.4 is 5.32 Å². The summed E-state index contributed by atoms with van der Waals surface area (Å²) in [5.74, 6) is -0.0270. The van der Waals surface area contributed by atoms with E-state index in [0.717, 1.165) is 30.2 Å². The van der Waals surface area contributed by atoms with Gasteiger partial charge in [0.1, 0.15) is 17.5 Å². The van der Waals surface area contributed by atoms with Crippen molar-refractivity contribution in [3.8, 4) is 6.07 Å². The molecule has 2 fully saturated rings. The first-order valence-electron chi connectivity index (χ1n) is 11.8. The highest BCUT2D eigenvalue weighted by Gasteiger charge is 2.46. The molecule has 0 atom stereocenters. The Morgan fingerprint density at radius 3 is 2.43 bits per heavy atom. The molecule has 2 aromatic heterocycles. The number of halogens is 3. The van der Waals surface area contributed by atoms with Crippen LogP contribution in [-0.2, 0) is 12.0 Å². The van der Waals surface area contributed by atoms with E-state index < -0.39 is 23.2 Å². The van der Waals surface area contributed by atoms with Crippen molar-refractivity contribution < 1.29 is 13.2 Å². The zero-order valence-electron chi connectivity index (χ0n) is 20.2. The van der Waals surface area contributed by atoms with Crippen LogP contribution in [0.4, 0.5) is 19.0 Å². The quantitative estimate of drug-likeness (QED) is 0.510. The fourth-order valence-electron chi connectivity index (χ4n) is 4.40. The number of anilines is 1. The number of rotatable bonds is 5. The number of aryl methyl sites for hydroxylation is 2. The summed E-state index contributed by atoms with van der Waals surface area (Å²) in [5, 5.41) is 13.2. The molecule has 3 heterocycles. The van der Waals surface area contributed by atoms with E-state index in [4.69, 9.17) is 0 Å². The second kappa shape index (κ2) is 10.2.